The molecule has 1 aliphatic rings. The van der Waals surface area contributed by atoms with Crippen LogP contribution in [0.4, 0.5) is 0 Å². The maximum Gasteiger partial charge on any atom is 0.00769 e. The fourth-order valence-electron chi connectivity index (χ4n) is 3.28. The van der Waals surface area contributed by atoms with Crippen LogP contribution < -0.4 is 10.6 Å². The minimum absolute atomic E-state index is 0.624. The quantitative estimate of drug-likeness (QED) is 0.605. The van der Waals surface area contributed by atoms with Gasteiger partial charge in [0.15, 0.2) is 0 Å². The van der Waals surface area contributed by atoms with Crippen molar-refractivity contribution in [1.29, 1.82) is 0 Å². The molecule has 102 valence electrons. The highest BCUT2D eigenvalue weighted by Gasteiger charge is 2.33. The fraction of sp³-hybridized carbons (Fsp3) is 1.00. The third-order valence-corrected chi connectivity index (χ3v) is 3.91. The largest absolute Gasteiger partial charge is 0.315 e. The summed E-state index contributed by atoms with van der Waals surface area (Å²) in [6, 6.07) is 0. The molecule has 1 fully saturated rings. The lowest BCUT2D eigenvalue weighted by Gasteiger charge is -2.31. The molecule has 0 aromatic carbocycles. The minimum atomic E-state index is 0.624. The molecule has 1 aliphatic carbocycles. The first-order chi connectivity index (χ1) is 8.18. The normalized spacial score (nSPS) is 19.1. The van der Waals surface area contributed by atoms with Crippen LogP contribution in [-0.2, 0) is 0 Å². The Balaban J connectivity index is 2.16. The minimum Gasteiger partial charge on any atom is -0.315 e. The van der Waals surface area contributed by atoms with Crippen molar-refractivity contribution >= 4 is 0 Å². The van der Waals surface area contributed by atoms with E-state index in [-0.39, 0.29) is 0 Å². The SMILES string of the molecule is CCCNCCNCC1(CC(C)C)CCCC1. The van der Waals surface area contributed by atoms with Crippen LogP contribution in [0, 0.1) is 11.3 Å². The highest BCUT2D eigenvalue weighted by Crippen LogP contribution is 2.42. The Morgan fingerprint density at radius 3 is 2.24 bits per heavy atom. The van der Waals surface area contributed by atoms with Gasteiger partial charge in [-0.2, -0.15) is 0 Å². The summed E-state index contributed by atoms with van der Waals surface area (Å²) < 4.78 is 0. The first-order valence-corrected chi connectivity index (χ1v) is 7.60. The molecular weight excluding hydrogens is 208 g/mol. The predicted octanol–water partition coefficient (Wildman–Crippen LogP) is 3.18. The zero-order chi connectivity index (χ0) is 12.6. The van der Waals surface area contributed by atoms with Gasteiger partial charge in [-0.25, -0.2) is 0 Å². The molecule has 2 heteroatoms. The zero-order valence-corrected chi connectivity index (χ0v) is 12.1. The number of rotatable bonds is 9. The van der Waals surface area contributed by atoms with E-state index in [1.807, 2.05) is 0 Å². The molecular formula is C15H32N2. The van der Waals surface area contributed by atoms with Crippen molar-refractivity contribution < 1.29 is 0 Å². The lowest BCUT2D eigenvalue weighted by atomic mass is 9.78. The van der Waals surface area contributed by atoms with E-state index in [9.17, 15) is 0 Å². The lowest BCUT2D eigenvalue weighted by molar-refractivity contribution is 0.224. The zero-order valence-electron chi connectivity index (χ0n) is 12.1. The van der Waals surface area contributed by atoms with Crippen LogP contribution in [0.15, 0.2) is 0 Å². The Morgan fingerprint density at radius 2 is 1.65 bits per heavy atom. The van der Waals surface area contributed by atoms with Gasteiger partial charge in [0.2, 0.25) is 0 Å². The average Bonchev–Trinajstić information content (AvgIpc) is 2.71. The van der Waals surface area contributed by atoms with Gasteiger partial charge in [-0.3, -0.25) is 0 Å². The van der Waals surface area contributed by atoms with Gasteiger partial charge in [0, 0.05) is 19.6 Å². The van der Waals surface area contributed by atoms with E-state index in [2.05, 4.69) is 31.4 Å². The van der Waals surface area contributed by atoms with Crippen molar-refractivity contribution in [3.63, 3.8) is 0 Å². The van der Waals surface area contributed by atoms with E-state index in [1.165, 1.54) is 45.1 Å². The van der Waals surface area contributed by atoms with Gasteiger partial charge in [-0.15, -0.1) is 0 Å². The third-order valence-electron chi connectivity index (χ3n) is 3.91. The van der Waals surface area contributed by atoms with Crippen molar-refractivity contribution in [2.45, 2.75) is 59.3 Å². The number of hydrogen-bond acceptors (Lipinski definition) is 2. The van der Waals surface area contributed by atoms with Crippen molar-refractivity contribution in [3.05, 3.63) is 0 Å². The van der Waals surface area contributed by atoms with Crippen molar-refractivity contribution in [2.75, 3.05) is 26.2 Å². The number of nitrogens with one attached hydrogen (secondary N) is 2. The summed E-state index contributed by atoms with van der Waals surface area (Å²) in [6.07, 6.45) is 8.42. The second-order valence-corrected chi connectivity index (χ2v) is 6.23. The van der Waals surface area contributed by atoms with E-state index in [0.717, 1.165) is 25.6 Å². The highest BCUT2D eigenvalue weighted by atomic mass is 14.9. The first-order valence-electron chi connectivity index (χ1n) is 7.60. The van der Waals surface area contributed by atoms with E-state index in [4.69, 9.17) is 0 Å². The summed E-state index contributed by atoms with van der Waals surface area (Å²) >= 11 is 0. The van der Waals surface area contributed by atoms with Crippen LogP contribution in [0.2, 0.25) is 0 Å². The maximum absolute atomic E-state index is 3.67. The molecule has 0 atom stereocenters. The van der Waals surface area contributed by atoms with Crippen LogP contribution in [0.5, 0.6) is 0 Å². The molecule has 0 bridgehead atoms. The average molecular weight is 240 g/mol. The Morgan fingerprint density at radius 1 is 1.00 bits per heavy atom. The van der Waals surface area contributed by atoms with E-state index < -0.39 is 0 Å². The third kappa shape index (κ3) is 5.87. The van der Waals surface area contributed by atoms with Gasteiger partial charge in [0.1, 0.15) is 0 Å². The van der Waals surface area contributed by atoms with Crippen molar-refractivity contribution in [2.24, 2.45) is 11.3 Å². The summed E-state index contributed by atoms with van der Waals surface area (Å²) in [7, 11) is 0. The lowest BCUT2D eigenvalue weighted by Crippen LogP contribution is -2.37. The van der Waals surface area contributed by atoms with Crippen molar-refractivity contribution in [1.82, 2.24) is 10.6 Å². The molecule has 0 aliphatic heterocycles. The topological polar surface area (TPSA) is 24.1 Å². The molecule has 17 heavy (non-hydrogen) atoms. The van der Waals surface area contributed by atoms with Crippen molar-refractivity contribution in [3.8, 4) is 0 Å². The second kappa shape index (κ2) is 8.10. The van der Waals surface area contributed by atoms with Gasteiger partial charge >= 0.3 is 0 Å². The standard InChI is InChI=1S/C15H32N2/c1-4-9-16-10-11-17-13-15(12-14(2)3)7-5-6-8-15/h14,16-17H,4-13H2,1-3H3. The summed E-state index contributed by atoms with van der Waals surface area (Å²) in [5, 5.41) is 7.12. The van der Waals surface area contributed by atoms with Gasteiger partial charge < -0.3 is 10.6 Å². The summed E-state index contributed by atoms with van der Waals surface area (Å²) in [4.78, 5) is 0. The molecule has 0 amide bonds. The molecule has 1 rings (SSSR count). The van der Waals surface area contributed by atoms with E-state index in [0.29, 0.717) is 5.41 Å². The molecule has 2 N–H and O–H groups in total. The molecule has 0 aromatic rings. The summed E-state index contributed by atoms with van der Waals surface area (Å²) in [5.74, 6) is 0.841. The van der Waals surface area contributed by atoms with Crippen LogP contribution in [0.3, 0.4) is 0 Å². The monoisotopic (exact) mass is 240 g/mol. The molecule has 0 saturated heterocycles. The molecule has 0 spiro atoms. The van der Waals surface area contributed by atoms with Gasteiger partial charge in [0.25, 0.3) is 0 Å². The van der Waals surface area contributed by atoms with Crippen LogP contribution >= 0.6 is 0 Å². The molecule has 2 nitrogen and oxygen atoms in total. The Kier molecular flexibility index (Phi) is 7.14. The Hall–Kier alpha value is -0.0800. The van der Waals surface area contributed by atoms with Gasteiger partial charge in [-0.05, 0) is 43.6 Å². The van der Waals surface area contributed by atoms with Gasteiger partial charge in [-0.1, -0.05) is 33.6 Å². The summed E-state index contributed by atoms with van der Waals surface area (Å²) in [5.41, 5.74) is 0.624. The molecule has 0 unspecified atom stereocenters. The smallest absolute Gasteiger partial charge is 0.00769 e. The molecule has 0 heterocycles. The molecule has 0 radical (unpaired) electrons. The fourth-order valence-corrected chi connectivity index (χ4v) is 3.28. The predicted molar refractivity (Wildman–Crippen MR) is 76.4 cm³/mol. The maximum atomic E-state index is 3.67. The number of hydrogen-bond donors (Lipinski definition) is 2. The van der Waals surface area contributed by atoms with Crippen LogP contribution in [0.1, 0.15) is 59.3 Å². The molecule has 1 saturated carbocycles. The first kappa shape index (κ1) is 15.0. The Bertz CT molecular complexity index is 183. The highest BCUT2D eigenvalue weighted by molar-refractivity contribution is 4.87. The van der Waals surface area contributed by atoms with E-state index in [1.54, 1.807) is 0 Å². The summed E-state index contributed by atoms with van der Waals surface area (Å²) in [6.45, 7) is 11.6. The van der Waals surface area contributed by atoms with Crippen LogP contribution in [-0.4, -0.2) is 26.2 Å². The van der Waals surface area contributed by atoms with E-state index >= 15 is 0 Å². The second-order valence-electron chi connectivity index (χ2n) is 6.23. The Labute approximate surface area is 108 Å². The van der Waals surface area contributed by atoms with Gasteiger partial charge in [0.05, 0.1) is 0 Å². The molecule has 0 aromatic heterocycles. The van der Waals surface area contributed by atoms with Crippen LogP contribution in [0.25, 0.3) is 0 Å².